The standard InChI is InChI=1S/C23H25FN2O2/c1-26(2)21(22-9-6-14-28-22)16-25-23(27)20(15-17-7-4-3-5-8-17)18-10-12-19(24)13-11-18/h3-14,20-21H,15-16H2,1-2H3,(H,25,27). The number of halogens is 1. The van der Waals surface area contributed by atoms with Gasteiger partial charge in [-0.05, 0) is 55.9 Å². The van der Waals surface area contributed by atoms with Crippen LogP contribution in [0.5, 0.6) is 0 Å². The van der Waals surface area contributed by atoms with Gasteiger partial charge >= 0.3 is 0 Å². The van der Waals surface area contributed by atoms with Gasteiger partial charge in [0, 0.05) is 6.54 Å². The first kappa shape index (κ1) is 19.8. The summed E-state index contributed by atoms with van der Waals surface area (Å²) in [6.07, 6.45) is 2.18. The van der Waals surface area contributed by atoms with Gasteiger partial charge in [-0.3, -0.25) is 9.69 Å². The molecule has 0 saturated heterocycles. The smallest absolute Gasteiger partial charge is 0.227 e. The van der Waals surface area contributed by atoms with Gasteiger partial charge in [-0.15, -0.1) is 0 Å². The molecule has 2 unspecified atom stereocenters. The van der Waals surface area contributed by atoms with Crippen molar-refractivity contribution >= 4 is 5.91 Å². The molecule has 0 bridgehead atoms. The molecule has 1 N–H and O–H groups in total. The maximum Gasteiger partial charge on any atom is 0.227 e. The van der Waals surface area contributed by atoms with Gasteiger partial charge in [0.2, 0.25) is 5.91 Å². The fourth-order valence-corrected chi connectivity index (χ4v) is 3.25. The molecule has 1 amide bonds. The Morgan fingerprint density at radius 3 is 2.36 bits per heavy atom. The minimum atomic E-state index is -0.401. The van der Waals surface area contributed by atoms with Gasteiger partial charge in [-0.2, -0.15) is 0 Å². The summed E-state index contributed by atoms with van der Waals surface area (Å²) >= 11 is 0. The largest absolute Gasteiger partial charge is 0.468 e. The third kappa shape index (κ3) is 5.08. The number of furan rings is 1. The van der Waals surface area contributed by atoms with Crippen LogP contribution in [0.1, 0.15) is 28.8 Å². The van der Waals surface area contributed by atoms with E-state index in [1.807, 2.05) is 61.5 Å². The molecule has 5 heteroatoms. The highest BCUT2D eigenvalue weighted by Crippen LogP contribution is 2.23. The average Bonchev–Trinajstić information content (AvgIpc) is 3.22. The molecule has 0 aliphatic rings. The summed E-state index contributed by atoms with van der Waals surface area (Å²) in [7, 11) is 3.89. The highest BCUT2D eigenvalue weighted by molar-refractivity contribution is 5.84. The van der Waals surface area contributed by atoms with Crippen molar-refractivity contribution in [3.63, 3.8) is 0 Å². The Labute approximate surface area is 165 Å². The highest BCUT2D eigenvalue weighted by Gasteiger charge is 2.24. The van der Waals surface area contributed by atoms with Gasteiger partial charge in [0.05, 0.1) is 18.2 Å². The minimum Gasteiger partial charge on any atom is -0.468 e. The van der Waals surface area contributed by atoms with Gasteiger partial charge < -0.3 is 9.73 Å². The Morgan fingerprint density at radius 1 is 1.04 bits per heavy atom. The zero-order valence-electron chi connectivity index (χ0n) is 16.1. The van der Waals surface area contributed by atoms with Crippen molar-refractivity contribution in [2.75, 3.05) is 20.6 Å². The summed E-state index contributed by atoms with van der Waals surface area (Å²) in [4.78, 5) is 15.1. The van der Waals surface area contributed by atoms with E-state index in [9.17, 15) is 9.18 Å². The zero-order valence-corrected chi connectivity index (χ0v) is 16.1. The number of benzene rings is 2. The normalized spacial score (nSPS) is 13.3. The topological polar surface area (TPSA) is 45.5 Å². The number of likely N-dealkylation sites (N-methyl/N-ethyl adjacent to an activating group) is 1. The number of hydrogen-bond donors (Lipinski definition) is 1. The van der Waals surface area contributed by atoms with Crippen molar-refractivity contribution in [2.24, 2.45) is 0 Å². The van der Waals surface area contributed by atoms with Crippen LogP contribution in [0.4, 0.5) is 4.39 Å². The van der Waals surface area contributed by atoms with Crippen molar-refractivity contribution in [3.05, 3.63) is 95.7 Å². The molecule has 4 nitrogen and oxygen atoms in total. The Bertz CT molecular complexity index is 861. The molecule has 146 valence electrons. The van der Waals surface area contributed by atoms with Crippen LogP contribution in [0.2, 0.25) is 0 Å². The second-order valence-electron chi connectivity index (χ2n) is 7.03. The zero-order chi connectivity index (χ0) is 19.9. The molecule has 0 aliphatic carbocycles. The number of carbonyl (C=O) groups excluding carboxylic acids is 1. The fraction of sp³-hybridized carbons (Fsp3) is 0.261. The van der Waals surface area contributed by atoms with Crippen LogP contribution in [0.25, 0.3) is 0 Å². The van der Waals surface area contributed by atoms with Crippen molar-refractivity contribution in [3.8, 4) is 0 Å². The molecule has 3 aromatic rings. The predicted molar refractivity (Wildman–Crippen MR) is 107 cm³/mol. The number of amides is 1. The van der Waals surface area contributed by atoms with Gasteiger partial charge in [0.15, 0.2) is 0 Å². The first-order valence-electron chi connectivity index (χ1n) is 9.31. The number of carbonyl (C=O) groups is 1. The fourth-order valence-electron chi connectivity index (χ4n) is 3.25. The molecular weight excluding hydrogens is 355 g/mol. The third-order valence-corrected chi connectivity index (χ3v) is 4.84. The van der Waals surface area contributed by atoms with Crippen molar-refractivity contribution in [1.29, 1.82) is 0 Å². The lowest BCUT2D eigenvalue weighted by molar-refractivity contribution is -0.122. The highest BCUT2D eigenvalue weighted by atomic mass is 19.1. The van der Waals surface area contributed by atoms with Gasteiger partial charge in [-0.1, -0.05) is 42.5 Å². The van der Waals surface area contributed by atoms with Crippen LogP contribution in [0, 0.1) is 5.82 Å². The molecule has 0 aliphatic heterocycles. The van der Waals surface area contributed by atoms with E-state index in [1.54, 1.807) is 18.4 Å². The molecule has 0 radical (unpaired) electrons. The summed E-state index contributed by atoms with van der Waals surface area (Å²) in [5.41, 5.74) is 1.85. The Balaban J connectivity index is 1.76. The number of nitrogens with one attached hydrogen (secondary N) is 1. The van der Waals surface area contributed by atoms with E-state index in [0.717, 1.165) is 16.9 Å². The lowest BCUT2D eigenvalue weighted by Gasteiger charge is -2.24. The Hall–Kier alpha value is -2.92. The number of rotatable bonds is 8. The van der Waals surface area contributed by atoms with Crippen molar-refractivity contribution < 1.29 is 13.6 Å². The predicted octanol–water partition coefficient (Wildman–Crippen LogP) is 4.16. The molecule has 3 rings (SSSR count). The molecular formula is C23H25FN2O2. The summed E-state index contributed by atoms with van der Waals surface area (Å²) in [5, 5.41) is 3.05. The lowest BCUT2D eigenvalue weighted by atomic mass is 9.91. The van der Waals surface area contributed by atoms with E-state index in [-0.39, 0.29) is 17.8 Å². The summed E-state index contributed by atoms with van der Waals surface area (Å²) < 4.78 is 18.9. The van der Waals surface area contributed by atoms with Crippen molar-refractivity contribution in [1.82, 2.24) is 10.2 Å². The first-order valence-corrected chi connectivity index (χ1v) is 9.31. The van der Waals surface area contributed by atoms with Crippen LogP contribution in [0.15, 0.2) is 77.4 Å². The molecule has 1 heterocycles. The van der Waals surface area contributed by atoms with Crippen LogP contribution < -0.4 is 5.32 Å². The summed E-state index contributed by atoms with van der Waals surface area (Å²) in [6.45, 7) is 0.422. The number of hydrogen-bond acceptors (Lipinski definition) is 3. The van der Waals surface area contributed by atoms with Gasteiger partial charge in [0.25, 0.3) is 0 Å². The minimum absolute atomic E-state index is 0.0652. The SMILES string of the molecule is CN(C)C(CNC(=O)C(Cc1ccccc1)c1ccc(F)cc1)c1ccco1. The molecule has 2 aromatic carbocycles. The monoisotopic (exact) mass is 380 g/mol. The van der Waals surface area contributed by atoms with E-state index in [0.29, 0.717) is 13.0 Å². The first-order chi connectivity index (χ1) is 13.5. The summed E-state index contributed by atoms with van der Waals surface area (Å²) in [5.74, 6) is -0.00363. The van der Waals surface area contributed by atoms with E-state index in [1.165, 1.54) is 12.1 Å². The second kappa shape index (κ2) is 9.33. The maximum absolute atomic E-state index is 13.4. The number of nitrogens with zero attached hydrogens (tertiary/aromatic N) is 1. The third-order valence-electron chi connectivity index (χ3n) is 4.84. The lowest BCUT2D eigenvalue weighted by Crippen LogP contribution is -2.37. The molecule has 2 atom stereocenters. The Morgan fingerprint density at radius 2 is 1.75 bits per heavy atom. The van der Waals surface area contributed by atoms with Crippen LogP contribution >= 0.6 is 0 Å². The van der Waals surface area contributed by atoms with E-state index in [2.05, 4.69) is 5.32 Å². The van der Waals surface area contributed by atoms with Crippen LogP contribution in [-0.2, 0) is 11.2 Å². The van der Waals surface area contributed by atoms with E-state index in [4.69, 9.17) is 4.42 Å². The summed E-state index contributed by atoms with van der Waals surface area (Å²) in [6, 6.07) is 19.7. The van der Waals surface area contributed by atoms with Gasteiger partial charge in [-0.25, -0.2) is 4.39 Å². The van der Waals surface area contributed by atoms with Crippen molar-refractivity contribution in [2.45, 2.75) is 18.4 Å². The van der Waals surface area contributed by atoms with Crippen LogP contribution in [0.3, 0.4) is 0 Å². The molecule has 0 spiro atoms. The molecule has 0 saturated carbocycles. The second-order valence-corrected chi connectivity index (χ2v) is 7.03. The maximum atomic E-state index is 13.4. The van der Waals surface area contributed by atoms with E-state index < -0.39 is 5.92 Å². The van der Waals surface area contributed by atoms with E-state index >= 15 is 0 Å². The average molecular weight is 380 g/mol. The molecule has 28 heavy (non-hydrogen) atoms. The van der Waals surface area contributed by atoms with Crippen LogP contribution in [-0.4, -0.2) is 31.4 Å². The van der Waals surface area contributed by atoms with Gasteiger partial charge in [0.1, 0.15) is 11.6 Å². The Kier molecular flexibility index (Phi) is 6.61. The quantitative estimate of drug-likeness (QED) is 0.638. The molecule has 0 fully saturated rings. The molecule has 1 aromatic heterocycles.